The summed E-state index contributed by atoms with van der Waals surface area (Å²) in [7, 11) is 2.00. The number of hydrogen-bond acceptors (Lipinski definition) is 2. The van der Waals surface area contributed by atoms with Gasteiger partial charge in [-0.3, -0.25) is 4.79 Å². The molecule has 2 aromatic carbocycles. The second-order valence-corrected chi connectivity index (χ2v) is 6.45. The Morgan fingerprint density at radius 3 is 2.54 bits per heavy atom. The lowest BCUT2D eigenvalue weighted by Gasteiger charge is -2.14. The van der Waals surface area contributed by atoms with Gasteiger partial charge in [-0.05, 0) is 29.7 Å². The first-order valence-corrected chi connectivity index (χ1v) is 8.18. The highest BCUT2D eigenvalue weighted by atomic mass is 16.2. The minimum absolute atomic E-state index is 0.0543. The van der Waals surface area contributed by atoms with E-state index in [2.05, 4.69) is 49.5 Å². The Balaban J connectivity index is 1.88. The van der Waals surface area contributed by atoms with Gasteiger partial charge in [0.2, 0.25) is 0 Å². The summed E-state index contributed by atoms with van der Waals surface area (Å²) in [6.07, 6.45) is 0. The molecule has 1 amide bonds. The van der Waals surface area contributed by atoms with Gasteiger partial charge in [-0.1, -0.05) is 44.2 Å². The SMILES string of the molecule is CC(C)c1ccc(C[NH+](C)CC(=O)Nc2cccc(C#N)c2)cc1. The van der Waals surface area contributed by atoms with Gasteiger partial charge in [-0.15, -0.1) is 0 Å². The van der Waals surface area contributed by atoms with Gasteiger partial charge in [-0.2, -0.15) is 5.26 Å². The van der Waals surface area contributed by atoms with E-state index in [-0.39, 0.29) is 5.91 Å². The summed E-state index contributed by atoms with van der Waals surface area (Å²) in [4.78, 5) is 13.3. The highest BCUT2D eigenvalue weighted by Gasteiger charge is 2.11. The van der Waals surface area contributed by atoms with E-state index in [0.717, 1.165) is 11.4 Å². The third-order valence-electron chi connectivity index (χ3n) is 3.89. The maximum Gasteiger partial charge on any atom is 0.279 e. The van der Waals surface area contributed by atoms with E-state index in [1.54, 1.807) is 24.3 Å². The molecule has 4 nitrogen and oxygen atoms in total. The zero-order chi connectivity index (χ0) is 17.5. The predicted molar refractivity (Wildman–Crippen MR) is 95.8 cm³/mol. The lowest BCUT2D eigenvalue weighted by atomic mass is 10.0. The normalized spacial score (nSPS) is 11.8. The molecular weight excluding hydrogens is 298 g/mol. The molecule has 4 heteroatoms. The largest absolute Gasteiger partial charge is 0.326 e. The second kappa shape index (κ2) is 8.28. The number of hydrogen-bond donors (Lipinski definition) is 2. The number of nitrogens with one attached hydrogen (secondary N) is 2. The standard InChI is InChI=1S/C20H23N3O/c1-15(2)18-9-7-16(8-10-18)13-23(3)14-20(24)22-19-6-4-5-17(11-19)12-21/h4-11,15H,13-14H2,1-3H3,(H,22,24)/p+1. The van der Waals surface area contributed by atoms with Crippen molar-refractivity contribution in [2.24, 2.45) is 0 Å². The Morgan fingerprint density at radius 1 is 1.21 bits per heavy atom. The molecule has 24 heavy (non-hydrogen) atoms. The summed E-state index contributed by atoms with van der Waals surface area (Å²) >= 11 is 0. The van der Waals surface area contributed by atoms with Crippen molar-refractivity contribution in [1.82, 2.24) is 0 Å². The molecule has 0 aliphatic carbocycles. The van der Waals surface area contributed by atoms with Crippen molar-refractivity contribution in [2.75, 3.05) is 18.9 Å². The second-order valence-electron chi connectivity index (χ2n) is 6.45. The lowest BCUT2D eigenvalue weighted by Crippen LogP contribution is -3.08. The fraction of sp³-hybridized carbons (Fsp3) is 0.300. The summed E-state index contributed by atoms with van der Waals surface area (Å²) in [5.74, 6) is 0.473. The molecule has 0 aliphatic rings. The van der Waals surface area contributed by atoms with E-state index in [9.17, 15) is 4.79 Å². The van der Waals surface area contributed by atoms with Crippen LogP contribution in [0.15, 0.2) is 48.5 Å². The van der Waals surface area contributed by atoms with Crippen LogP contribution in [0, 0.1) is 11.3 Å². The molecule has 0 heterocycles. The van der Waals surface area contributed by atoms with Crippen LogP contribution in [0.25, 0.3) is 0 Å². The van der Waals surface area contributed by atoms with Gasteiger partial charge in [0, 0.05) is 11.3 Å². The lowest BCUT2D eigenvalue weighted by molar-refractivity contribution is -0.885. The first-order chi connectivity index (χ1) is 11.5. The van der Waals surface area contributed by atoms with E-state index in [0.29, 0.717) is 23.7 Å². The highest BCUT2D eigenvalue weighted by Crippen LogP contribution is 2.14. The molecule has 2 N–H and O–H groups in total. The average molecular weight is 322 g/mol. The van der Waals surface area contributed by atoms with Crippen LogP contribution in [-0.4, -0.2) is 19.5 Å². The Hall–Kier alpha value is -2.64. The summed E-state index contributed by atoms with van der Waals surface area (Å²) in [5, 5.41) is 11.7. The quantitative estimate of drug-likeness (QED) is 0.857. The molecular formula is C20H24N3O+. The van der Waals surface area contributed by atoms with Gasteiger partial charge in [-0.25, -0.2) is 0 Å². The number of likely N-dealkylation sites (N-methyl/N-ethyl adjacent to an activating group) is 1. The van der Waals surface area contributed by atoms with Crippen LogP contribution in [-0.2, 0) is 11.3 Å². The van der Waals surface area contributed by atoms with Gasteiger partial charge >= 0.3 is 0 Å². The van der Waals surface area contributed by atoms with Crippen LogP contribution in [0.4, 0.5) is 5.69 Å². The molecule has 0 spiro atoms. The van der Waals surface area contributed by atoms with Crippen molar-refractivity contribution >= 4 is 11.6 Å². The zero-order valence-electron chi connectivity index (χ0n) is 14.5. The summed E-state index contributed by atoms with van der Waals surface area (Å²) < 4.78 is 0. The number of carbonyl (C=O) groups excluding carboxylic acids is 1. The van der Waals surface area contributed by atoms with E-state index in [4.69, 9.17) is 5.26 Å². The fourth-order valence-corrected chi connectivity index (χ4v) is 2.58. The Bertz CT molecular complexity index is 729. The Labute approximate surface area is 143 Å². The molecule has 0 fully saturated rings. The highest BCUT2D eigenvalue weighted by molar-refractivity contribution is 5.91. The minimum Gasteiger partial charge on any atom is -0.326 e. The van der Waals surface area contributed by atoms with Crippen LogP contribution >= 0.6 is 0 Å². The van der Waals surface area contributed by atoms with Crippen molar-refractivity contribution in [2.45, 2.75) is 26.3 Å². The van der Waals surface area contributed by atoms with Gasteiger partial charge in [0.25, 0.3) is 5.91 Å². The maximum absolute atomic E-state index is 12.1. The number of amides is 1. The topological polar surface area (TPSA) is 57.3 Å². The van der Waals surface area contributed by atoms with E-state index >= 15 is 0 Å². The number of nitrogens with zero attached hydrogens (tertiary/aromatic N) is 1. The first-order valence-electron chi connectivity index (χ1n) is 8.18. The summed E-state index contributed by atoms with van der Waals surface area (Å²) in [6, 6.07) is 17.6. The van der Waals surface area contributed by atoms with Crippen LogP contribution < -0.4 is 10.2 Å². The predicted octanol–water partition coefficient (Wildman–Crippen LogP) is 2.34. The summed E-state index contributed by atoms with van der Waals surface area (Å²) in [5.41, 5.74) is 3.74. The maximum atomic E-state index is 12.1. The molecule has 2 aromatic rings. The van der Waals surface area contributed by atoms with Gasteiger partial charge in [0.15, 0.2) is 6.54 Å². The van der Waals surface area contributed by atoms with Crippen LogP contribution in [0.3, 0.4) is 0 Å². The van der Waals surface area contributed by atoms with Gasteiger partial charge in [0.05, 0.1) is 18.7 Å². The zero-order valence-corrected chi connectivity index (χ0v) is 14.5. The molecule has 124 valence electrons. The molecule has 0 aromatic heterocycles. The molecule has 0 bridgehead atoms. The number of anilines is 1. The molecule has 0 radical (unpaired) electrons. The number of nitriles is 1. The number of quaternary nitrogens is 1. The van der Waals surface area contributed by atoms with Crippen molar-refractivity contribution < 1.29 is 9.69 Å². The van der Waals surface area contributed by atoms with Crippen molar-refractivity contribution in [3.05, 3.63) is 65.2 Å². The monoisotopic (exact) mass is 322 g/mol. The minimum atomic E-state index is -0.0543. The fourth-order valence-electron chi connectivity index (χ4n) is 2.58. The van der Waals surface area contributed by atoms with Crippen LogP contribution in [0.2, 0.25) is 0 Å². The van der Waals surface area contributed by atoms with Crippen LogP contribution in [0.5, 0.6) is 0 Å². The molecule has 0 saturated heterocycles. The molecule has 1 unspecified atom stereocenters. The molecule has 2 rings (SSSR count). The third-order valence-corrected chi connectivity index (χ3v) is 3.89. The Morgan fingerprint density at radius 2 is 1.92 bits per heavy atom. The van der Waals surface area contributed by atoms with Crippen molar-refractivity contribution in [3.63, 3.8) is 0 Å². The third kappa shape index (κ3) is 5.22. The molecule has 0 aliphatic heterocycles. The molecule has 0 saturated carbocycles. The number of benzene rings is 2. The van der Waals surface area contributed by atoms with Crippen molar-refractivity contribution in [1.29, 1.82) is 5.26 Å². The average Bonchev–Trinajstić information content (AvgIpc) is 2.55. The van der Waals surface area contributed by atoms with Gasteiger partial charge < -0.3 is 10.2 Å². The van der Waals surface area contributed by atoms with E-state index in [1.165, 1.54) is 11.1 Å². The molecule has 1 atom stereocenters. The first kappa shape index (κ1) is 17.7. The van der Waals surface area contributed by atoms with Crippen molar-refractivity contribution in [3.8, 4) is 6.07 Å². The number of carbonyl (C=O) groups is 1. The van der Waals surface area contributed by atoms with E-state index < -0.39 is 0 Å². The van der Waals surface area contributed by atoms with Crippen LogP contribution in [0.1, 0.15) is 36.5 Å². The number of rotatable bonds is 6. The summed E-state index contributed by atoms with van der Waals surface area (Å²) in [6.45, 7) is 5.53. The smallest absolute Gasteiger partial charge is 0.279 e. The van der Waals surface area contributed by atoms with E-state index in [1.807, 2.05) is 7.05 Å². The Kier molecular flexibility index (Phi) is 6.11. The van der Waals surface area contributed by atoms with Gasteiger partial charge in [0.1, 0.15) is 6.54 Å².